The van der Waals surface area contributed by atoms with Gasteiger partial charge in [-0.25, -0.2) is 4.39 Å². The van der Waals surface area contributed by atoms with E-state index >= 15 is 0 Å². The highest BCUT2D eigenvalue weighted by Crippen LogP contribution is 2.30. The van der Waals surface area contributed by atoms with Crippen LogP contribution in [0.2, 0.25) is 0 Å². The van der Waals surface area contributed by atoms with Crippen LogP contribution in [0, 0.1) is 26.6 Å². The van der Waals surface area contributed by atoms with E-state index in [1.165, 1.54) is 6.07 Å². The summed E-state index contributed by atoms with van der Waals surface area (Å²) in [5, 5.41) is 9.26. The average molecular weight is 440 g/mol. The van der Waals surface area contributed by atoms with Gasteiger partial charge >= 0.3 is 0 Å². The lowest BCUT2D eigenvalue weighted by Gasteiger charge is -2.16. The molecule has 0 N–H and O–H groups in total. The molecular weight excluding hydrogens is 413 g/mol. The summed E-state index contributed by atoms with van der Waals surface area (Å²) in [6.45, 7) is 12.0. The summed E-state index contributed by atoms with van der Waals surface area (Å²) in [6, 6.07) is 8.32. The van der Waals surface area contributed by atoms with Gasteiger partial charge < -0.3 is 4.74 Å². The van der Waals surface area contributed by atoms with Crippen molar-refractivity contribution >= 4 is 17.5 Å². The molecule has 0 radical (unpaired) electrons. The SMILES string of the molecule is C=CCn1c(COc2ccccc2F)nnc1SCc1c(C)cc(C)c(C(C)=O)c1C. The highest BCUT2D eigenvalue weighted by atomic mass is 32.2. The van der Waals surface area contributed by atoms with Crippen molar-refractivity contribution in [2.24, 2.45) is 0 Å². The van der Waals surface area contributed by atoms with Gasteiger partial charge in [-0.3, -0.25) is 9.36 Å². The molecule has 3 aromatic rings. The number of thioether (sulfide) groups is 1. The van der Waals surface area contributed by atoms with Crippen molar-refractivity contribution in [1.82, 2.24) is 14.8 Å². The van der Waals surface area contributed by atoms with Gasteiger partial charge in [0.2, 0.25) is 0 Å². The zero-order valence-corrected chi connectivity index (χ0v) is 19.1. The second-order valence-corrected chi connectivity index (χ2v) is 8.29. The average Bonchev–Trinajstić information content (AvgIpc) is 3.08. The van der Waals surface area contributed by atoms with Crippen LogP contribution >= 0.6 is 11.8 Å². The minimum absolute atomic E-state index is 0.0728. The van der Waals surface area contributed by atoms with Crippen LogP contribution in [0.5, 0.6) is 5.75 Å². The molecule has 0 amide bonds. The Hall–Kier alpha value is -2.93. The first-order valence-electron chi connectivity index (χ1n) is 9.97. The summed E-state index contributed by atoms with van der Waals surface area (Å²) >= 11 is 1.54. The number of Topliss-reactive ketones (excluding diaryl/α,β-unsaturated/α-hetero) is 1. The highest BCUT2D eigenvalue weighted by molar-refractivity contribution is 7.98. The summed E-state index contributed by atoms with van der Waals surface area (Å²) in [5.41, 5.74) is 5.06. The fraction of sp³-hybridized carbons (Fsp3) is 0.292. The number of allylic oxidation sites excluding steroid dienone is 1. The van der Waals surface area contributed by atoms with E-state index in [-0.39, 0.29) is 18.1 Å². The maximum Gasteiger partial charge on any atom is 0.191 e. The summed E-state index contributed by atoms with van der Waals surface area (Å²) < 4.78 is 21.3. The maximum absolute atomic E-state index is 13.8. The van der Waals surface area contributed by atoms with E-state index in [1.807, 2.05) is 18.4 Å². The molecule has 0 aliphatic heterocycles. The van der Waals surface area contributed by atoms with E-state index < -0.39 is 5.82 Å². The Bertz CT molecular complexity index is 1120. The van der Waals surface area contributed by atoms with Crippen LogP contribution in [0.3, 0.4) is 0 Å². The van der Waals surface area contributed by atoms with Crippen LogP contribution in [-0.2, 0) is 18.9 Å². The van der Waals surface area contributed by atoms with Crippen molar-refractivity contribution in [3.8, 4) is 5.75 Å². The number of hydrogen-bond acceptors (Lipinski definition) is 5. The lowest BCUT2D eigenvalue weighted by molar-refractivity contribution is 0.101. The molecule has 0 saturated heterocycles. The third-order valence-corrected chi connectivity index (χ3v) is 6.12. The number of aromatic nitrogens is 3. The molecule has 5 nitrogen and oxygen atoms in total. The van der Waals surface area contributed by atoms with Crippen molar-refractivity contribution in [3.05, 3.63) is 82.4 Å². The first-order valence-corrected chi connectivity index (χ1v) is 11.0. The Balaban J connectivity index is 1.81. The van der Waals surface area contributed by atoms with Crippen LogP contribution in [0.15, 0.2) is 48.1 Å². The van der Waals surface area contributed by atoms with E-state index in [1.54, 1.807) is 43.0 Å². The Morgan fingerprint density at radius 2 is 1.97 bits per heavy atom. The van der Waals surface area contributed by atoms with E-state index in [4.69, 9.17) is 4.74 Å². The van der Waals surface area contributed by atoms with E-state index in [9.17, 15) is 9.18 Å². The predicted molar refractivity (Wildman–Crippen MR) is 121 cm³/mol. The Labute approximate surface area is 186 Å². The quantitative estimate of drug-likeness (QED) is 0.247. The fourth-order valence-electron chi connectivity index (χ4n) is 3.68. The molecule has 7 heteroatoms. The number of halogens is 1. The molecule has 0 saturated carbocycles. The van der Waals surface area contributed by atoms with Crippen LogP contribution < -0.4 is 4.74 Å². The van der Waals surface area contributed by atoms with Crippen LogP contribution in [-0.4, -0.2) is 20.5 Å². The second-order valence-electron chi connectivity index (χ2n) is 7.35. The van der Waals surface area contributed by atoms with Gasteiger partial charge in [-0.2, -0.15) is 0 Å². The number of carbonyl (C=O) groups is 1. The van der Waals surface area contributed by atoms with Crippen molar-refractivity contribution in [1.29, 1.82) is 0 Å². The van der Waals surface area contributed by atoms with E-state index in [0.717, 1.165) is 33.0 Å². The monoisotopic (exact) mass is 439 g/mol. The normalized spacial score (nSPS) is 10.9. The molecule has 3 rings (SSSR count). The Morgan fingerprint density at radius 3 is 2.65 bits per heavy atom. The molecule has 0 aliphatic rings. The van der Waals surface area contributed by atoms with Crippen molar-refractivity contribution < 1.29 is 13.9 Å². The molecule has 0 aliphatic carbocycles. The molecular formula is C24H26FN3O2S. The molecule has 2 aromatic carbocycles. The molecule has 0 fully saturated rings. The first-order chi connectivity index (χ1) is 14.8. The summed E-state index contributed by atoms with van der Waals surface area (Å²) in [4.78, 5) is 12.1. The Kier molecular flexibility index (Phi) is 7.28. The lowest BCUT2D eigenvalue weighted by Crippen LogP contribution is -2.08. The minimum Gasteiger partial charge on any atom is -0.483 e. The zero-order valence-electron chi connectivity index (χ0n) is 18.2. The molecule has 31 heavy (non-hydrogen) atoms. The van der Waals surface area contributed by atoms with Gasteiger partial charge in [0.1, 0.15) is 6.61 Å². The number of rotatable bonds is 9. The number of nitrogens with zero attached hydrogens (tertiary/aromatic N) is 3. The second kappa shape index (κ2) is 9.92. The van der Waals surface area contributed by atoms with Crippen molar-refractivity contribution in [3.63, 3.8) is 0 Å². The van der Waals surface area contributed by atoms with Gasteiger partial charge in [0, 0.05) is 17.9 Å². The predicted octanol–water partition coefficient (Wildman–Crippen LogP) is 5.60. The number of hydrogen-bond donors (Lipinski definition) is 0. The molecule has 1 heterocycles. The molecule has 0 spiro atoms. The minimum atomic E-state index is -0.418. The highest BCUT2D eigenvalue weighted by Gasteiger charge is 2.17. The van der Waals surface area contributed by atoms with E-state index in [2.05, 4.69) is 29.8 Å². The van der Waals surface area contributed by atoms with Gasteiger partial charge in [-0.15, -0.1) is 16.8 Å². The first kappa shape index (κ1) is 22.7. The molecule has 1 aromatic heterocycles. The zero-order chi connectivity index (χ0) is 22.5. The molecule has 0 unspecified atom stereocenters. The number of benzene rings is 2. The fourth-order valence-corrected chi connectivity index (χ4v) is 4.83. The summed E-state index contributed by atoms with van der Waals surface area (Å²) in [6.07, 6.45) is 1.76. The smallest absolute Gasteiger partial charge is 0.191 e. The molecule has 162 valence electrons. The summed E-state index contributed by atoms with van der Waals surface area (Å²) in [5.74, 6) is 1.07. The topological polar surface area (TPSA) is 57.0 Å². The lowest BCUT2D eigenvalue weighted by atomic mass is 9.92. The van der Waals surface area contributed by atoms with Crippen molar-refractivity contribution in [2.75, 3.05) is 0 Å². The number of para-hydroxylation sites is 1. The van der Waals surface area contributed by atoms with Gasteiger partial charge in [0.05, 0.1) is 0 Å². The molecule has 0 bridgehead atoms. The van der Waals surface area contributed by atoms with Crippen LogP contribution in [0.1, 0.15) is 45.4 Å². The number of carbonyl (C=O) groups excluding carboxylic acids is 1. The standard InChI is InChI=1S/C24H26FN3O2S/c1-6-11-28-22(13-30-21-10-8-7-9-20(21)25)26-27-24(28)31-14-19-15(2)12-16(3)23(17(19)4)18(5)29/h6-10,12H,1,11,13-14H2,2-5H3. The van der Waals surface area contributed by atoms with Crippen molar-refractivity contribution in [2.45, 2.75) is 51.8 Å². The third kappa shape index (κ3) is 5.05. The van der Waals surface area contributed by atoms with Gasteiger partial charge in [-0.05, 0) is 62.1 Å². The largest absolute Gasteiger partial charge is 0.483 e. The molecule has 0 atom stereocenters. The maximum atomic E-state index is 13.8. The van der Waals surface area contributed by atoms with Crippen LogP contribution in [0.4, 0.5) is 4.39 Å². The summed E-state index contributed by atoms with van der Waals surface area (Å²) in [7, 11) is 0. The van der Waals surface area contributed by atoms with Gasteiger partial charge in [0.25, 0.3) is 0 Å². The van der Waals surface area contributed by atoms with Crippen LogP contribution in [0.25, 0.3) is 0 Å². The number of ketones is 1. The van der Waals surface area contributed by atoms with Gasteiger partial charge in [0.15, 0.2) is 28.3 Å². The van der Waals surface area contributed by atoms with E-state index in [0.29, 0.717) is 18.1 Å². The number of ether oxygens (including phenoxy) is 1. The Morgan fingerprint density at radius 1 is 1.23 bits per heavy atom. The third-order valence-electron chi connectivity index (χ3n) is 5.13. The number of aryl methyl sites for hydroxylation is 2. The van der Waals surface area contributed by atoms with Gasteiger partial charge in [-0.1, -0.05) is 36.0 Å².